The van der Waals surface area contributed by atoms with Crippen molar-refractivity contribution in [3.05, 3.63) is 35.4 Å². The lowest BCUT2D eigenvalue weighted by Gasteiger charge is -2.20. The Hall–Kier alpha value is -0.820. The van der Waals surface area contributed by atoms with E-state index < -0.39 is 0 Å². The molecule has 0 spiro atoms. The van der Waals surface area contributed by atoms with Crippen LogP contribution in [0.15, 0.2) is 24.3 Å². The van der Waals surface area contributed by atoms with Crippen molar-refractivity contribution in [1.82, 2.24) is 5.32 Å². The molecule has 0 atom stereocenters. The molecule has 0 aromatic heterocycles. The van der Waals surface area contributed by atoms with Gasteiger partial charge >= 0.3 is 0 Å². The molecule has 0 heterocycles. The standard InChI is InChI=1S/C17H27N/c1-17(2,3)18-13-7-6-9-14-8-4-5-10-16(14)15-11-12-15/h4-5,8,10,15,18H,6-7,9,11-13H2,1-3H3. The van der Waals surface area contributed by atoms with Crippen molar-refractivity contribution in [3.63, 3.8) is 0 Å². The Morgan fingerprint density at radius 2 is 1.83 bits per heavy atom. The molecule has 18 heavy (non-hydrogen) atoms. The van der Waals surface area contributed by atoms with Gasteiger partial charge < -0.3 is 5.32 Å². The summed E-state index contributed by atoms with van der Waals surface area (Å²) in [5.74, 6) is 0.883. The first-order chi connectivity index (χ1) is 8.56. The first-order valence-electron chi connectivity index (χ1n) is 7.39. The van der Waals surface area contributed by atoms with Crippen molar-refractivity contribution < 1.29 is 0 Å². The quantitative estimate of drug-likeness (QED) is 0.738. The van der Waals surface area contributed by atoms with E-state index in [9.17, 15) is 0 Å². The summed E-state index contributed by atoms with van der Waals surface area (Å²) in [5.41, 5.74) is 3.48. The Balaban J connectivity index is 1.73. The fourth-order valence-corrected chi connectivity index (χ4v) is 2.46. The monoisotopic (exact) mass is 245 g/mol. The van der Waals surface area contributed by atoms with E-state index in [0.29, 0.717) is 0 Å². The van der Waals surface area contributed by atoms with Gasteiger partial charge in [-0.15, -0.1) is 0 Å². The van der Waals surface area contributed by atoms with Crippen LogP contribution in [0.2, 0.25) is 0 Å². The lowest BCUT2D eigenvalue weighted by atomic mass is 9.98. The fraction of sp³-hybridized carbons (Fsp3) is 0.647. The number of rotatable bonds is 6. The third-order valence-electron chi connectivity index (χ3n) is 3.60. The van der Waals surface area contributed by atoms with E-state index in [4.69, 9.17) is 0 Å². The highest BCUT2D eigenvalue weighted by Gasteiger charge is 2.25. The minimum Gasteiger partial charge on any atom is -0.312 e. The average molecular weight is 245 g/mol. The predicted molar refractivity (Wildman–Crippen MR) is 79.1 cm³/mol. The van der Waals surface area contributed by atoms with Crippen LogP contribution in [0, 0.1) is 0 Å². The predicted octanol–water partition coefficient (Wildman–Crippen LogP) is 4.27. The zero-order valence-corrected chi connectivity index (χ0v) is 12.1. The Bertz CT molecular complexity index is 371. The second-order valence-electron chi connectivity index (χ2n) is 6.61. The molecule has 0 aliphatic heterocycles. The summed E-state index contributed by atoms with van der Waals surface area (Å²) in [7, 11) is 0. The summed E-state index contributed by atoms with van der Waals surface area (Å²) in [5, 5.41) is 3.56. The molecule has 0 bridgehead atoms. The van der Waals surface area contributed by atoms with Crippen molar-refractivity contribution >= 4 is 0 Å². The highest BCUT2D eigenvalue weighted by molar-refractivity contribution is 5.33. The van der Waals surface area contributed by atoms with E-state index in [-0.39, 0.29) is 5.54 Å². The first kappa shape index (κ1) is 13.6. The molecule has 1 N–H and O–H groups in total. The SMILES string of the molecule is CC(C)(C)NCCCCc1ccccc1C1CC1. The van der Waals surface area contributed by atoms with Gasteiger partial charge in [0.15, 0.2) is 0 Å². The normalized spacial score (nSPS) is 15.9. The molecule has 1 nitrogen and oxygen atoms in total. The molecule has 1 aromatic rings. The topological polar surface area (TPSA) is 12.0 Å². The third-order valence-corrected chi connectivity index (χ3v) is 3.60. The third kappa shape index (κ3) is 4.45. The summed E-state index contributed by atoms with van der Waals surface area (Å²) >= 11 is 0. The minimum atomic E-state index is 0.256. The summed E-state index contributed by atoms with van der Waals surface area (Å²) in [6.07, 6.45) is 6.63. The molecule has 1 aromatic carbocycles. The van der Waals surface area contributed by atoms with E-state index >= 15 is 0 Å². The molecule has 0 amide bonds. The van der Waals surface area contributed by atoms with Crippen molar-refractivity contribution in [2.75, 3.05) is 6.54 Å². The first-order valence-corrected chi connectivity index (χ1v) is 7.39. The van der Waals surface area contributed by atoms with Gasteiger partial charge in [0, 0.05) is 5.54 Å². The van der Waals surface area contributed by atoms with E-state index in [1.165, 1.54) is 32.1 Å². The maximum Gasteiger partial charge on any atom is 0.00965 e. The maximum atomic E-state index is 3.56. The summed E-state index contributed by atoms with van der Waals surface area (Å²) < 4.78 is 0. The molecule has 2 rings (SSSR count). The van der Waals surface area contributed by atoms with Crippen LogP contribution in [0.3, 0.4) is 0 Å². The Morgan fingerprint density at radius 1 is 1.11 bits per heavy atom. The molecule has 100 valence electrons. The van der Waals surface area contributed by atoms with Crippen LogP contribution in [0.4, 0.5) is 0 Å². The van der Waals surface area contributed by atoms with Crippen LogP contribution in [0.1, 0.15) is 63.5 Å². The van der Waals surface area contributed by atoms with E-state index in [0.717, 1.165) is 12.5 Å². The van der Waals surface area contributed by atoms with E-state index in [1.54, 1.807) is 11.1 Å². The highest BCUT2D eigenvalue weighted by atomic mass is 14.9. The molecular weight excluding hydrogens is 218 g/mol. The zero-order chi connectivity index (χ0) is 13.0. The average Bonchev–Trinajstić information content (AvgIpc) is 3.11. The second kappa shape index (κ2) is 5.88. The van der Waals surface area contributed by atoms with Crippen LogP contribution < -0.4 is 5.32 Å². The molecule has 1 heteroatoms. The number of unbranched alkanes of at least 4 members (excludes halogenated alkanes) is 1. The molecule has 0 radical (unpaired) electrons. The van der Waals surface area contributed by atoms with Crippen LogP contribution >= 0.6 is 0 Å². The fourth-order valence-electron chi connectivity index (χ4n) is 2.46. The lowest BCUT2D eigenvalue weighted by molar-refractivity contribution is 0.419. The molecule has 0 saturated heterocycles. The van der Waals surface area contributed by atoms with Crippen LogP contribution in [-0.4, -0.2) is 12.1 Å². The van der Waals surface area contributed by atoms with Gasteiger partial charge in [-0.2, -0.15) is 0 Å². The molecule has 1 aliphatic rings. The van der Waals surface area contributed by atoms with Gasteiger partial charge in [0.2, 0.25) is 0 Å². The summed E-state index contributed by atoms with van der Waals surface area (Å²) in [4.78, 5) is 0. The molecule has 1 aliphatic carbocycles. The van der Waals surface area contributed by atoms with Gasteiger partial charge in [0.25, 0.3) is 0 Å². The second-order valence-corrected chi connectivity index (χ2v) is 6.61. The largest absolute Gasteiger partial charge is 0.312 e. The molecule has 0 unspecified atom stereocenters. The van der Waals surface area contributed by atoms with Crippen LogP contribution in [-0.2, 0) is 6.42 Å². The van der Waals surface area contributed by atoms with E-state index in [1.807, 2.05) is 0 Å². The maximum absolute atomic E-state index is 3.56. The van der Waals surface area contributed by atoms with Crippen molar-refractivity contribution in [1.29, 1.82) is 0 Å². The number of benzene rings is 1. The molecule has 1 fully saturated rings. The van der Waals surface area contributed by atoms with Gasteiger partial charge in [-0.05, 0) is 76.5 Å². The van der Waals surface area contributed by atoms with Crippen molar-refractivity contribution in [3.8, 4) is 0 Å². The van der Waals surface area contributed by atoms with Gasteiger partial charge in [-0.3, -0.25) is 0 Å². The van der Waals surface area contributed by atoms with Crippen LogP contribution in [0.25, 0.3) is 0 Å². The Kier molecular flexibility index (Phi) is 4.45. The van der Waals surface area contributed by atoms with Gasteiger partial charge in [-0.1, -0.05) is 24.3 Å². The van der Waals surface area contributed by atoms with Crippen molar-refractivity contribution in [2.24, 2.45) is 0 Å². The Labute approximate surface area is 112 Å². The minimum absolute atomic E-state index is 0.256. The van der Waals surface area contributed by atoms with E-state index in [2.05, 4.69) is 50.4 Å². The van der Waals surface area contributed by atoms with Gasteiger partial charge in [0.1, 0.15) is 0 Å². The zero-order valence-electron chi connectivity index (χ0n) is 12.1. The number of hydrogen-bond donors (Lipinski definition) is 1. The number of hydrogen-bond acceptors (Lipinski definition) is 1. The van der Waals surface area contributed by atoms with Crippen LogP contribution in [0.5, 0.6) is 0 Å². The number of aryl methyl sites for hydroxylation is 1. The molecular formula is C17H27N. The summed E-state index contributed by atoms with van der Waals surface area (Å²) in [6, 6.07) is 9.04. The van der Waals surface area contributed by atoms with Gasteiger partial charge in [-0.25, -0.2) is 0 Å². The lowest BCUT2D eigenvalue weighted by Crippen LogP contribution is -2.36. The molecule has 1 saturated carbocycles. The van der Waals surface area contributed by atoms with Crippen molar-refractivity contribution in [2.45, 2.75) is 64.3 Å². The smallest absolute Gasteiger partial charge is 0.00965 e. The van der Waals surface area contributed by atoms with Gasteiger partial charge in [0.05, 0.1) is 0 Å². The summed E-state index contributed by atoms with van der Waals surface area (Å²) in [6.45, 7) is 7.83. The highest BCUT2D eigenvalue weighted by Crippen LogP contribution is 2.41. The Morgan fingerprint density at radius 3 is 2.50 bits per heavy atom. The number of nitrogens with one attached hydrogen (secondary N) is 1.